The van der Waals surface area contributed by atoms with Gasteiger partial charge in [0.25, 0.3) is 0 Å². The summed E-state index contributed by atoms with van der Waals surface area (Å²) in [5, 5.41) is 3.36. The van der Waals surface area contributed by atoms with Gasteiger partial charge in [-0.25, -0.2) is 0 Å². The Labute approximate surface area is 122 Å². The molecule has 1 aliphatic carbocycles. The van der Waals surface area contributed by atoms with Crippen molar-refractivity contribution in [1.82, 2.24) is 5.32 Å². The molecule has 1 saturated carbocycles. The van der Waals surface area contributed by atoms with E-state index in [-0.39, 0.29) is 0 Å². The molecule has 1 fully saturated rings. The van der Waals surface area contributed by atoms with E-state index < -0.39 is 0 Å². The van der Waals surface area contributed by atoms with Crippen molar-refractivity contribution < 1.29 is 9.47 Å². The first-order valence-electron chi connectivity index (χ1n) is 7.66. The van der Waals surface area contributed by atoms with Crippen molar-refractivity contribution in [3.63, 3.8) is 0 Å². The highest BCUT2D eigenvalue weighted by Gasteiger charge is 2.25. The van der Waals surface area contributed by atoms with Gasteiger partial charge in [0.2, 0.25) is 0 Å². The first-order valence-corrected chi connectivity index (χ1v) is 7.66. The van der Waals surface area contributed by atoms with Crippen LogP contribution in [-0.4, -0.2) is 27.8 Å². The molecule has 3 nitrogen and oxygen atoms in total. The fraction of sp³-hybridized carbons (Fsp3) is 0.647. The molecule has 0 saturated heterocycles. The van der Waals surface area contributed by atoms with Crippen molar-refractivity contribution >= 4 is 0 Å². The summed E-state index contributed by atoms with van der Waals surface area (Å²) in [5.41, 5.74) is 1.39. The topological polar surface area (TPSA) is 30.5 Å². The van der Waals surface area contributed by atoms with Gasteiger partial charge in [-0.3, -0.25) is 0 Å². The summed E-state index contributed by atoms with van der Waals surface area (Å²) in [6, 6.07) is 6.41. The fourth-order valence-corrected chi connectivity index (χ4v) is 3.41. The third-order valence-electron chi connectivity index (χ3n) is 4.46. The van der Waals surface area contributed by atoms with E-state index in [1.807, 2.05) is 6.07 Å². The number of benzene rings is 1. The SMILES string of the molecule is CNCC1CCCCCC1c1ccc(OC)c(OC)c1. The Morgan fingerprint density at radius 1 is 1.05 bits per heavy atom. The molecule has 1 aromatic carbocycles. The van der Waals surface area contributed by atoms with Crippen molar-refractivity contribution in [3.05, 3.63) is 23.8 Å². The summed E-state index contributed by atoms with van der Waals surface area (Å²) >= 11 is 0. The molecule has 2 unspecified atom stereocenters. The van der Waals surface area contributed by atoms with Gasteiger partial charge in [0.1, 0.15) is 0 Å². The second-order valence-corrected chi connectivity index (χ2v) is 5.68. The van der Waals surface area contributed by atoms with Crippen LogP contribution in [0.3, 0.4) is 0 Å². The lowest BCUT2D eigenvalue weighted by molar-refractivity contribution is 0.350. The highest BCUT2D eigenvalue weighted by atomic mass is 16.5. The quantitative estimate of drug-likeness (QED) is 0.834. The first-order chi connectivity index (χ1) is 9.80. The van der Waals surface area contributed by atoms with Crippen LogP contribution in [0, 0.1) is 5.92 Å². The van der Waals surface area contributed by atoms with Crippen molar-refractivity contribution in [2.75, 3.05) is 27.8 Å². The highest BCUT2D eigenvalue weighted by Crippen LogP contribution is 2.39. The van der Waals surface area contributed by atoms with Gasteiger partial charge in [0, 0.05) is 0 Å². The minimum Gasteiger partial charge on any atom is -0.493 e. The van der Waals surface area contributed by atoms with Crippen molar-refractivity contribution in [1.29, 1.82) is 0 Å². The molecule has 0 heterocycles. The maximum absolute atomic E-state index is 5.45. The zero-order valence-electron chi connectivity index (χ0n) is 12.9. The average molecular weight is 277 g/mol. The van der Waals surface area contributed by atoms with Gasteiger partial charge < -0.3 is 14.8 Å². The van der Waals surface area contributed by atoms with E-state index in [1.54, 1.807) is 14.2 Å². The summed E-state index contributed by atoms with van der Waals surface area (Å²) in [6.07, 6.45) is 6.65. The van der Waals surface area contributed by atoms with Crippen LogP contribution in [0.2, 0.25) is 0 Å². The number of hydrogen-bond donors (Lipinski definition) is 1. The number of methoxy groups -OCH3 is 2. The third kappa shape index (κ3) is 3.45. The maximum Gasteiger partial charge on any atom is 0.160 e. The van der Waals surface area contributed by atoms with Crippen molar-refractivity contribution in [2.24, 2.45) is 5.92 Å². The maximum atomic E-state index is 5.45. The minimum atomic E-state index is 0.629. The van der Waals surface area contributed by atoms with E-state index in [9.17, 15) is 0 Å². The van der Waals surface area contributed by atoms with Crippen LogP contribution >= 0.6 is 0 Å². The van der Waals surface area contributed by atoms with E-state index in [1.165, 1.54) is 37.7 Å². The number of ether oxygens (including phenoxy) is 2. The zero-order chi connectivity index (χ0) is 14.4. The van der Waals surface area contributed by atoms with Crippen LogP contribution in [0.15, 0.2) is 18.2 Å². The predicted molar refractivity (Wildman–Crippen MR) is 82.8 cm³/mol. The molecule has 0 amide bonds. The van der Waals surface area contributed by atoms with Gasteiger partial charge in [-0.15, -0.1) is 0 Å². The number of hydrogen-bond acceptors (Lipinski definition) is 3. The van der Waals surface area contributed by atoms with Crippen LogP contribution in [0.1, 0.15) is 43.6 Å². The molecule has 20 heavy (non-hydrogen) atoms. The Morgan fingerprint density at radius 2 is 1.80 bits per heavy atom. The van der Waals surface area contributed by atoms with Crippen molar-refractivity contribution in [3.8, 4) is 11.5 Å². The second kappa shape index (κ2) is 7.53. The standard InChI is InChI=1S/C17H27NO2/c1-18-12-14-7-5-4-6-8-15(14)13-9-10-16(19-2)17(11-13)20-3/h9-11,14-15,18H,4-8,12H2,1-3H3. The average Bonchev–Trinajstić information content (AvgIpc) is 2.72. The first kappa shape index (κ1) is 15.2. The van der Waals surface area contributed by atoms with E-state index >= 15 is 0 Å². The number of rotatable bonds is 5. The smallest absolute Gasteiger partial charge is 0.160 e. The molecular formula is C17H27NO2. The Morgan fingerprint density at radius 3 is 2.50 bits per heavy atom. The monoisotopic (exact) mass is 277 g/mol. The van der Waals surface area contributed by atoms with E-state index in [0.29, 0.717) is 5.92 Å². The lowest BCUT2D eigenvalue weighted by Crippen LogP contribution is -2.24. The largest absolute Gasteiger partial charge is 0.493 e. The van der Waals surface area contributed by atoms with E-state index in [2.05, 4.69) is 24.5 Å². The Kier molecular flexibility index (Phi) is 5.72. The summed E-state index contributed by atoms with van der Waals surface area (Å²) in [6.45, 7) is 1.10. The molecule has 1 aliphatic rings. The van der Waals surface area contributed by atoms with Crippen LogP contribution in [0.5, 0.6) is 11.5 Å². The molecule has 0 aliphatic heterocycles. The molecule has 1 aromatic rings. The van der Waals surface area contributed by atoms with Gasteiger partial charge >= 0.3 is 0 Å². The molecule has 0 radical (unpaired) electrons. The highest BCUT2D eigenvalue weighted by molar-refractivity contribution is 5.44. The molecular weight excluding hydrogens is 250 g/mol. The van der Waals surface area contributed by atoms with E-state index in [0.717, 1.165) is 24.0 Å². The van der Waals surface area contributed by atoms with E-state index in [4.69, 9.17) is 9.47 Å². The molecule has 112 valence electrons. The normalized spacial score (nSPS) is 23.1. The molecule has 2 atom stereocenters. The molecule has 0 aromatic heterocycles. The van der Waals surface area contributed by atoms with Crippen LogP contribution in [0.4, 0.5) is 0 Å². The van der Waals surface area contributed by atoms with Gasteiger partial charge in [0.05, 0.1) is 14.2 Å². The van der Waals surface area contributed by atoms with Gasteiger partial charge in [-0.1, -0.05) is 25.3 Å². The van der Waals surface area contributed by atoms with Gasteiger partial charge in [-0.05, 0) is 56.0 Å². The van der Waals surface area contributed by atoms with Crippen molar-refractivity contribution in [2.45, 2.75) is 38.0 Å². The third-order valence-corrected chi connectivity index (χ3v) is 4.46. The zero-order valence-corrected chi connectivity index (χ0v) is 12.9. The Balaban J connectivity index is 2.26. The summed E-state index contributed by atoms with van der Waals surface area (Å²) < 4.78 is 10.8. The predicted octanol–water partition coefficient (Wildman–Crippen LogP) is 3.59. The molecule has 3 heteroatoms. The van der Waals surface area contributed by atoms with Crippen LogP contribution in [0.25, 0.3) is 0 Å². The molecule has 1 N–H and O–H groups in total. The summed E-state index contributed by atoms with van der Waals surface area (Å²) in [4.78, 5) is 0. The fourth-order valence-electron chi connectivity index (χ4n) is 3.41. The Bertz CT molecular complexity index is 419. The number of nitrogens with one attached hydrogen (secondary N) is 1. The molecule has 0 bridgehead atoms. The lowest BCUT2D eigenvalue weighted by Gasteiger charge is -2.26. The molecule has 0 spiro atoms. The van der Waals surface area contributed by atoms with Gasteiger partial charge in [0.15, 0.2) is 11.5 Å². The van der Waals surface area contributed by atoms with Crippen LogP contribution < -0.4 is 14.8 Å². The van der Waals surface area contributed by atoms with Gasteiger partial charge in [-0.2, -0.15) is 0 Å². The molecule has 2 rings (SSSR count). The van der Waals surface area contributed by atoms with Crippen LogP contribution in [-0.2, 0) is 0 Å². The lowest BCUT2D eigenvalue weighted by atomic mass is 9.82. The second-order valence-electron chi connectivity index (χ2n) is 5.68. The minimum absolute atomic E-state index is 0.629. The summed E-state index contributed by atoms with van der Waals surface area (Å²) in [5.74, 6) is 3.01. The Hall–Kier alpha value is -1.22. The summed E-state index contributed by atoms with van der Waals surface area (Å²) in [7, 11) is 5.45.